The average molecular weight is 568 g/mol. The van der Waals surface area contributed by atoms with Crippen molar-refractivity contribution in [3.8, 4) is 5.75 Å². The molecule has 0 radical (unpaired) electrons. The van der Waals surface area contributed by atoms with E-state index < -0.39 is 14.4 Å². The van der Waals surface area contributed by atoms with E-state index in [-0.39, 0.29) is 23.4 Å². The van der Waals surface area contributed by atoms with Crippen LogP contribution in [0.5, 0.6) is 5.75 Å². The van der Waals surface area contributed by atoms with Crippen LogP contribution in [0.4, 0.5) is 0 Å². The smallest absolute Gasteiger partial charge is 0.239 e. The lowest BCUT2D eigenvalue weighted by molar-refractivity contribution is 0.0885. The van der Waals surface area contributed by atoms with Crippen LogP contribution in [0.2, 0.25) is 0 Å². The Balaban J connectivity index is 1.18. The van der Waals surface area contributed by atoms with E-state index >= 15 is 0 Å². The first-order valence-corrected chi connectivity index (χ1v) is 15.9. The number of allylic oxidation sites excluding steroid dienone is 4. The fourth-order valence-electron chi connectivity index (χ4n) is 7.03. The summed E-state index contributed by atoms with van der Waals surface area (Å²) in [5, 5.41) is 0. The molecule has 5 rings (SSSR count). The Labute approximate surface area is 232 Å². The van der Waals surface area contributed by atoms with Crippen molar-refractivity contribution >= 4 is 33.2 Å². The van der Waals surface area contributed by atoms with Gasteiger partial charge in [-0.25, -0.2) is 8.42 Å². The Morgan fingerprint density at radius 1 is 1.03 bits per heavy atom. The predicted octanol–water partition coefficient (Wildman–Crippen LogP) is 6.49. The Kier molecular flexibility index (Phi) is 7.56. The Bertz CT molecular complexity index is 1160. The molecule has 5 nitrogen and oxygen atoms in total. The van der Waals surface area contributed by atoms with Crippen LogP contribution in [-0.2, 0) is 10.0 Å². The largest absolute Gasteiger partial charge is 0.491 e. The first-order chi connectivity index (χ1) is 17.5. The topological polar surface area (TPSA) is 49.9 Å². The predicted molar refractivity (Wildman–Crippen MR) is 152 cm³/mol. The van der Waals surface area contributed by atoms with Crippen LogP contribution in [0.15, 0.2) is 46.9 Å². The summed E-state index contributed by atoms with van der Waals surface area (Å²) in [5.41, 5.74) is 1.98. The van der Waals surface area contributed by atoms with Gasteiger partial charge in [-0.05, 0) is 95.2 Å². The van der Waals surface area contributed by atoms with Crippen molar-refractivity contribution < 1.29 is 13.2 Å². The molecule has 204 valence electrons. The Morgan fingerprint density at radius 2 is 1.65 bits per heavy atom. The van der Waals surface area contributed by atoms with Gasteiger partial charge in [0.25, 0.3) is 0 Å². The van der Waals surface area contributed by atoms with E-state index in [1.807, 2.05) is 45.9 Å². The van der Waals surface area contributed by atoms with E-state index in [0.29, 0.717) is 24.0 Å². The maximum absolute atomic E-state index is 13.4. The molecule has 2 aliphatic carbocycles. The fraction of sp³-hybridized carbons (Fsp3) is 0.655. The second-order valence-corrected chi connectivity index (χ2v) is 15.0. The Hall–Kier alpha value is -1.05. The number of hydrogen-bond donors (Lipinski definition) is 0. The van der Waals surface area contributed by atoms with E-state index in [0.717, 1.165) is 56.5 Å². The summed E-state index contributed by atoms with van der Waals surface area (Å²) in [7, 11) is -3.41. The number of sulfonamides is 1. The van der Waals surface area contributed by atoms with Crippen LogP contribution in [0.25, 0.3) is 0 Å². The van der Waals surface area contributed by atoms with Gasteiger partial charge in [0.1, 0.15) is 10.1 Å². The molecule has 2 heterocycles. The highest BCUT2D eigenvalue weighted by Gasteiger charge is 2.75. The molecular weight excluding hydrogens is 527 g/mol. The molecule has 1 saturated carbocycles. The number of halogens is 2. The molecule has 0 bridgehead atoms. The second-order valence-electron chi connectivity index (χ2n) is 11.7. The van der Waals surface area contributed by atoms with Crippen molar-refractivity contribution in [3.63, 3.8) is 0 Å². The van der Waals surface area contributed by atoms with Crippen molar-refractivity contribution in [1.82, 2.24) is 9.21 Å². The number of hydrogen-bond acceptors (Lipinski definition) is 4. The minimum atomic E-state index is -3.41. The van der Waals surface area contributed by atoms with Crippen molar-refractivity contribution in [2.75, 3.05) is 26.2 Å². The molecule has 2 atom stereocenters. The zero-order chi connectivity index (χ0) is 26.6. The summed E-state index contributed by atoms with van der Waals surface area (Å²) < 4.78 is 33.6. The number of benzene rings is 1. The quantitative estimate of drug-likeness (QED) is 0.369. The van der Waals surface area contributed by atoms with Gasteiger partial charge in [0.15, 0.2) is 0 Å². The number of ether oxygens (including phenoxy) is 1. The third-order valence-electron chi connectivity index (χ3n) is 9.02. The number of alkyl halides is 2. The van der Waals surface area contributed by atoms with Crippen LogP contribution in [0.1, 0.15) is 71.3 Å². The molecule has 1 spiro atoms. The normalized spacial score (nSPS) is 28.7. The molecule has 0 amide bonds. The number of rotatable bonds is 6. The lowest BCUT2D eigenvalue weighted by Gasteiger charge is -2.42. The van der Waals surface area contributed by atoms with Gasteiger partial charge in [-0.3, -0.25) is 0 Å². The third kappa shape index (κ3) is 4.91. The fourth-order valence-corrected chi connectivity index (χ4v) is 10.2. The van der Waals surface area contributed by atoms with Crippen LogP contribution in [0.3, 0.4) is 0 Å². The molecule has 2 unspecified atom stereocenters. The maximum atomic E-state index is 13.4. The summed E-state index contributed by atoms with van der Waals surface area (Å²) in [6.07, 6.45) is 8.63. The number of piperidine rings is 2. The third-order valence-corrected chi connectivity index (χ3v) is 12.5. The number of likely N-dealkylation sites (tertiary alicyclic amines) is 1. The summed E-state index contributed by atoms with van der Waals surface area (Å²) in [6, 6.07) is 8.67. The van der Waals surface area contributed by atoms with E-state index in [9.17, 15) is 8.42 Å². The van der Waals surface area contributed by atoms with Gasteiger partial charge in [-0.1, -0.05) is 31.2 Å². The van der Waals surface area contributed by atoms with Gasteiger partial charge >= 0.3 is 0 Å². The van der Waals surface area contributed by atoms with E-state index in [4.69, 9.17) is 27.9 Å². The van der Waals surface area contributed by atoms with Gasteiger partial charge in [0.2, 0.25) is 10.0 Å². The zero-order valence-corrected chi connectivity index (χ0v) is 24.7. The maximum Gasteiger partial charge on any atom is 0.239 e. The first kappa shape index (κ1) is 27.5. The van der Waals surface area contributed by atoms with Crippen LogP contribution in [0, 0.1) is 11.3 Å². The Morgan fingerprint density at radius 3 is 2.22 bits per heavy atom. The molecule has 0 N–H and O–H groups in total. The molecule has 1 aromatic carbocycles. The summed E-state index contributed by atoms with van der Waals surface area (Å²) in [4.78, 5) is 3.15. The van der Waals surface area contributed by atoms with E-state index in [2.05, 4.69) is 23.1 Å². The van der Waals surface area contributed by atoms with Crippen molar-refractivity contribution in [3.05, 3.63) is 52.5 Å². The highest BCUT2D eigenvalue weighted by Crippen LogP contribution is 2.78. The minimum absolute atomic E-state index is 0.0443. The van der Waals surface area contributed by atoms with E-state index in [1.165, 1.54) is 5.56 Å². The zero-order valence-electron chi connectivity index (χ0n) is 22.4. The molecule has 37 heavy (non-hydrogen) atoms. The average Bonchev–Trinajstić information content (AvgIpc) is 3.32. The van der Waals surface area contributed by atoms with Crippen LogP contribution >= 0.6 is 23.2 Å². The van der Waals surface area contributed by atoms with E-state index in [1.54, 1.807) is 4.31 Å². The van der Waals surface area contributed by atoms with Crippen molar-refractivity contribution in [1.29, 1.82) is 0 Å². The van der Waals surface area contributed by atoms with Crippen LogP contribution < -0.4 is 4.74 Å². The molecule has 8 heteroatoms. The highest BCUT2D eigenvalue weighted by atomic mass is 35.5. The van der Waals surface area contributed by atoms with Crippen molar-refractivity contribution in [2.24, 2.45) is 11.3 Å². The molecule has 3 fully saturated rings. The van der Waals surface area contributed by atoms with Gasteiger partial charge in [-0.15, -0.1) is 23.2 Å². The lowest BCUT2D eigenvalue weighted by Crippen LogP contribution is -2.50. The van der Waals surface area contributed by atoms with Gasteiger partial charge in [0, 0.05) is 30.5 Å². The standard InChI is InChI=1S/C29H40Cl2N2O3S/c1-20(2)36-25-10-8-23(9-11-25)27-28(29(27,30)31)14-18-32(19-15-28)24-12-16-33(17-13-24)37(34,35)26-21(3)6-5-7-22(26)4/h5-6,8-11,20,22,24,27H,7,12-19H2,1-4H3. The van der Waals surface area contributed by atoms with Crippen molar-refractivity contribution in [2.45, 2.75) is 82.2 Å². The molecular formula is C29H40Cl2N2O3S. The monoisotopic (exact) mass is 566 g/mol. The summed E-state index contributed by atoms with van der Waals surface area (Å²) >= 11 is 13.9. The van der Waals surface area contributed by atoms with Crippen LogP contribution in [-0.4, -0.2) is 60.3 Å². The van der Waals surface area contributed by atoms with Gasteiger partial charge in [0.05, 0.1) is 11.0 Å². The van der Waals surface area contributed by atoms with Gasteiger partial charge in [-0.2, -0.15) is 4.31 Å². The molecule has 1 aromatic rings. The number of nitrogens with zero attached hydrogens (tertiary/aromatic N) is 2. The highest BCUT2D eigenvalue weighted by molar-refractivity contribution is 7.93. The second kappa shape index (κ2) is 10.2. The summed E-state index contributed by atoms with van der Waals surface area (Å²) in [6.45, 7) is 11.1. The summed E-state index contributed by atoms with van der Waals surface area (Å²) in [5.74, 6) is 1.05. The van der Waals surface area contributed by atoms with Gasteiger partial charge < -0.3 is 9.64 Å². The lowest BCUT2D eigenvalue weighted by atomic mass is 9.87. The molecule has 2 saturated heterocycles. The molecule has 4 aliphatic rings. The molecule has 2 aliphatic heterocycles. The molecule has 0 aromatic heterocycles. The minimum Gasteiger partial charge on any atom is -0.491 e. The SMILES string of the molecule is CC1=C(S(=O)(=O)N2CCC(N3CCC4(CC3)C(c3ccc(OC(C)C)cc3)C4(Cl)Cl)CC2)C(C)CC=C1. The first-order valence-electron chi connectivity index (χ1n) is 13.7.